The number of amides is 2. The first-order chi connectivity index (χ1) is 8.97. The van der Waals surface area contributed by atoms with E-state index in [2.05, 4.69) is 10.6 Å². The topological polar surface area (TPSA) is 67.4 Å². The third-order valence-electron chi connectivity index (χ3n) is 3.57. The highest BCUT2D eigenvalue weighted by molar-refractivity contribution is 5.77. The number of ether oxygens (including phenoxy) is 1. The molecule has 1 aliphatic rings. The van der Waals surface area contributed by atoms with Gasteiger partial charge in [-0.05, 0) is 18.8 Å². The second-order valence-electron chi connectivity index (χ2n) is 5.82. The zero-order valence-electron chi connectivity index (χ0n) is 12.3. The Hall–Kier alpha value is -1.26. The molecule has 19 heavy (non-hydrogen) atoms. The largest absolute Gasteiger partial charge is 0.469 e. The number of esters is 1. The molecule has 0 radical (unpaired) electrons. The summed E-state index contributed by atoms with van der Waals surface area (Å²) in [5.41, 5.74) is -0.424. The second-order valence-corrected chi connectivity index (χ2v) is 5.82. The minimum Gasteiger partial charge on any atom is -0.469 e. The molecule has 0 atom stereocenters. The lowest BCUT2D eigenvalue weighted by Crippen LogP contribution is -2.54. The van der Waals surface area contributed by atoms with Crippen molar-refractivity contribution in [2.75, 3.05) is 13.7 Å². The van der Waals surface area contributed by atoms with Gasteiger partial charge in [0.05, 0.1) is 19.1 Å². The summed E-state index contributed by atoms with van der Waals surface area (Å²) in [5, 5.41) is 5.85. The van der Waals surface area contributed by atoms with Crippen LogP contribution >= 0.6 is 0 Å². The highest BCUT2D eigenvalue weighted by Gasteiger charge is 2.36. The van der Waals surface area contributed by atoms with E-state index in [0.29, 0.717) is 12.5 Å². The molecule has 0 unspecified atom stereocenters. The third kappa shape index (κ3) is 5.49. The van der Waals surface area contributed by atoms with Crippen LogP contribution in [-0.4, -0.2) is 31.2 Å². The van der Waals surface area contributed by atoms with Gasteiger partial charge in [0, 0.05) is 6.54 Å². The van der Waals surface area contributed by atoms with Crippen molar-refractivity contribution in [3.05, 3.63) is 0 Å². The molecule has 0 spiro atoms. The molecule has 0 saturated heterocycles. The molecule has 5 nitrogen and oxygen atoms in total. The van der Waals surface area contributed by atoms with Crippen molar-refractivity contribution in [3.63, 3.8) is 0 Å². The molecule has 5 heteroatoms. The van der Waals surface area contributed by atoms with E-state index in [4.69, 9.17) is 4.74 Å². The summed E-state index contributed by atoms with van der Waals surface area (Å²) < 4.78 is 4.75. The van der Waals surface area contributed by atoms with Gasteiger partial charge in [0.1, 0.15) is 0 Å². The van der Waals surface area contributed by atoms with Crippen molar-refractivity contribution >= 4 is 12.0 Å². The van der Waals surface area contributed by atoms with Crippen LogP contribution < -0.4 is 10.6 Å². The van der Waals surface area contributed by atoms with Crippen LogP contribution in [0.1, 0.15) is 52.4 Å². The fourth-order valence-electron chi connectivity index (χ4n) is 2.50. The minimum atomic E-state index is -0.424. The highest BCUT2D eigenvalue weighted by Crippen LogP contribution is 2.31. The van der Waals surface area contributed by atoms with Gasteiger partial charge in [0.15, 0.2) is 0 Å². The summed E-state index contributed by atoms with van der Waals surface area (Å²) >= 11 is 0. The summed E-state index contributed by atoms with van der Waals surface area (Å²) in [7, 11) is 1.39. The summed E-state index contributed by atoms with van der Waals surface area (Å²) in [5.74, 6) is 0.153. The van der Waals surface area contributed by atoms with Crippen molar-refractivity contribution in [2.45, 2.75) is 57.9 Å². The van der Waals surface area contributed by atoms with Crippen LogP contribution in [0.4, 0.5) is 4.79 Å². The van der Waals surface area contributed by atoms with E-state index in [1.54, 1.807) is 0 Å². The number of carbonyl (C=O) groups is 2. The summed E-state index contributed by atoms with van der Waals surface area (Å²) in [6.45, 7) is 4.73. The van der Waals surface area contributed by atoms with Crippen LogP contribution in [0.15, 0.2) is 0 Å². The van der Waals surface area contributed by atoms with Crippen molar-refractivity contribution in [3.8, 4) is 0 Å². The Kier molecular flexibility index (Phi) is 6.12. The SMILES string of the molecule is COC(=O)CC1(NC(=O)NCC(C)C)CCCCC1. The second kappa shape index (κ2) is 7.36. The Morgan fingerprint density at radius 1 is 1.21 bits per heavy atom. The smallest absolute Gasteiger partial charge is 0.315 e. The number of rotatable bonds is 5. The van der Waals surface area contributed by atoms with E-state index in [1.165, 1.54) is 7.11 Å². The molecular weight excluding hydrogens is 244 g/mol. The number of hydrogen-bond acceptors (Lipinski definition) is 3. The van der Waals surface area contributed by atoms with E-state index in [0.717, 1.165) is 32.1 Å². The Balaban J connectivity index is 2.58. The van der Waals surface area contributed by atoms with Crippen LogP contribution in [0.2, 0.25) is 0 Å². The first-order valence-electron chi connectivity index (χ1n) is 7.10. The number of hydrogen-bond donors (Lipinski definition) is 2. The predicted molar refractivity (Wildman–Crippen MR) is 73.8 cm³/mol. The van der Waals surface area contributed by atoms with Crippen LogP contribution in [0, 0.1) is 5.92 Å². The van der Waals surface area contributed by atoms with Gasteiger partial charge in [0.25, 0.3) is 0 Å². The molecule has 0 aliphatic heterocycles. The first kappa shape index (κ1) is 15.8. The van der Waals surface area contributed by atoms with E-state index in [9.17, 15) is 9.59 Å². The molecule has 2 N–H and O–H groups in total. The quantitative estimate of drug-likeness (QED) is 0.753. The van der Waals surface area contributed by atoms with Gasteiger partial charge in [-0.2, -0.15) is 0 Å². The summed E-state index contributed by atoms with van der Waals surface area (Å²) in [6.07, 6.45) is 5.20. The van der Waals surface area contributed by atoms with Crippen molar-refractivity contribution in [1.82, 2.24) is 10.6 Å². The highest BCUT2D eigenvalue weighted by atomic mass is 16.5. The van der Waals surface area contributed by atoms with Crippen LogP contribution in [0.5, 0.6) is 0 Å². The molecule has 2 amide bonds. The van der Waals surface area contributed by atoms with Crippen molar-refractivity contribution in [2.24, 2.45) is 5.92 Å². The first-order valence-corrected chi connectivity index (χ1v) is 7.10. The molecule has 1 saturated carbocycles. The molecule has 110 valence electrons. The van der Waals surface area contributed by atoms with Gasteiger partial charge in [-0.15, -0.1) is 0 Å². The molecule has 0 aromatic carbocycles. The van der Waals surface area contributed by atoms with E-state index < -0.39 is 5.54 Å². The summed E-state index contributed by atoms with van der Waals surface area (Å²) in [4.78, 5) is 23.5. The van der Waals surface area contributed by atoms with Crippen molar-refractivity contribution < 1.29 is 14.3 Å². The molecule has 0 heterocycles. The number of carbonyl (C=O) groups excluding carboxylic acids is 2. The van der Waals surface area contributed by atoms with Crippen LogP contribution in [0.25, 0.3) is 0 Å². The van der Waals surface area contributed by atoms with Gasteiger partial charge in [0.2, 0.25) is 0 Å². The molecule has 1 rings (SSSR count). The molecule has 1 aliphatic carbocycles. The van der Waals surface area contributed by atoms with Crippen LogP contribution in [-0.2, 0) is 9.53 Å². The Morgan fingerprint density at radius 2 is 1.84 bits per heavy atom. The Bertz CT molecular complexity index is 310. The lowest BCUT2D eigenvalue weighted by Gasteiger charge is -2.37. The van der Waals surface area contributed by atoms with Gasteiger partial charge in [-0.25, -0.2) is 4.79 Å². The predicted octanol–water partition coefficient (Wildman–Crippen LogP) is 2.21. The maximum atomic E-state index is 11.9. The molecule has 0 bridgehead atoms. The fourth-order valence-corrected chi connectivity index (χ4v) is 2.50. The van der Waals surface area contributed by atoms with E-state index in [-0.39, 0.29) is 18.4 Å². The average Bonchev–Trinajstić information content (AvgIpc) is 2.37. The summed E-state index contributed by atoms with van der Waals surface area (Å²) in [6, 6.07) is -0.181. The third-order valence-corrected chi connectivity index (χ3v) is 3.57. The Morgan fingerprint density at radius 3 is 2.37 bits per heavy atom. The van der Waals surface area contributed by atoms with Gasteiger partial charge < -0.3 is 15.4 Å². The number of urea groups is 1. The lowest BCUT2D eigenvalue weighted by atomic mass is 9.79. The molecule has 0 aromatic heterocycles. The zero-order chi connectivity index (χ0) is 14.3. The van der Waals surface area contributed by atoms with Crippen molar-refractivity contribution in [1.29, 1.82) is 0 Å². The maximum Gasteiger partial charge on any atom is 0.315 e. The minimum absolute atomic E-state index is 0.181. The zero-order valence-corrected chi connectivity index (χ0v) is 12.3. The van der Waals surface area contributed by atoms with Gasteiger partial charge >= 0.3 is 12.0 Å². The van der Waals surface area contributed by atoms with Gasteiger partial charge in [-0.1, -0.05) is 33.1 Å². The van der Waals surface area contributed by atoms with E-state index in [1.807, 2.05) is 13.8 Å². The monoisotopic (exact) mass is 270 g/mol. The molecule has 1 fully saturated rings. The fraction of sp³-hybridized carbons (Fsp3) is 0.857. The van der Waals surface area contributed by atoms with Gasteiger partial charge in [-0.3, -0.25) is 4.79 Å². The number of nitrogens with one attached hydrogen (secondary N) is 2. The average molecular weight is 270 g/mol. The normalized spacial score (nSPS) is 17.9. The lowest BCUT2D eigenvalue weighted by molar-refractivity contribution is -0.142. The maximum absolute atomic E-state index is 11.9. The molecular formula is C14H26N2O3. The van der Waals surface area contributed by atoms with Crippen LogP contribution in [0.3, 0.4) is 0 Å². The standard InChI is InChI=1S/C14H26N2O3/c1-11(2)10-15-13(18)16-14(9-12(17)19-3)7-5-4-6-8-14/h11H,4-10H2,1-3H3,(H2,15,16,18). The molecule has 0 aromatic rings. The Labute approximate surface area is 115 Å². The van der Waals surface area contributed by atoms with E-state index >= 15 is 0 Å². The number of methoxy groups -OCH3 is 1.